The molecule has 0 saturated heterocycles. The van der Waals surface area contributed by atoms with Gasteiger partial charge < -0.3 is 0 Å². The smallest absolute Gasteiger partial charge is 0.0773 e. The van der Waals surface area contributed by atoms with Crippen LogP contribution < -0.4 is 0 Å². The molecule has 2 aromatic heterocycles. The van der Waals surface area contributed by atoms with Crippen LogP contribution in [0.25, 0.3) is 22.5 Å². The SMILES string of the molecule is Cn1ncc(-c2ccccn2)c1-c1ccccc1. The quantitative estimate of drug-likeness (QED) is 0.683. The molecule has 0 radical (unpaired) electrons. The molecule has 18 heavy (non-hydrogen) atoms. The lowest BCUT2D eigenvalue weighted by molar-refractivity contribution is 0.776. The van der Waals surface area contributed by atoms with Crippen molar-refractivity contribution >= 4 is 0 Å². The fourth-order valence-electron chi connectivity index (χ4n) is 2.09. The Kier molecular flexibility index (Phi) is 2.65. The molecule has 0 atom stereocenters. The van der Waals surface area contributed by atoms with Crippen molar-refractivity contribution in [3.63, 3.8) is 0 Å². The molecule has 3 aromatic rings. The lowest BCUT2D eigenvalue weighted by atomic mass is 10.1. The highest BCUT2D eigenvalue weighted by molar-refractivity contribution is 5.78. The van der Waals surface area contributed by atoms with E-state index in [9.17, 15) is 0 Å². The minimum atomic E-state index is 0.949. The predicted molar refractivity (Wildman–Crippen MR) is 71.9 cm³/mol. The molecular weight excluding hydrogens is 222 g/mol. The zero-order chi connectivity index (χ0) is 12.4. The van der Waals surface area contributed by atoms with Crippen LogP contribution >= 0.6 is 0 Å². The Morgan fingerprint density at radius 1 is 0.944 bits per heavy atom. The van der Waals surface area contributed by atoms with Gasteiger partial charge in [0, 0.05) is 24.4 Å². The zero-order valence-electron chi connectivity index (χ0n) is 10.1. The maximum absolute atomic E-state index is 4.40. The molecule has 0 aliphatic heterocycles. The van der Waals surface area contributed by atoms with Crippen molar-refractivity contribution < 1.29 is 0 Å². The number of hydrogen-bond donors (Lipinski definition) is 0. The minimum absolute atomic E-state index is 0.949. The summed E-state index contributed by atoms with van der Waals surface area (Å²) in [7, 11) is 1.95. The summed E-state index contributed by atoms with van der Waals surface area (Å²) in [6.45, 7) is 0. The summed E-state index contributed by atoms with van der Waals surface area (Å²) < 4.78 is 1.89. The summed E-state index contributed by atoms with van der Waals surface area (Å²) in [5.74, 6) is 0. The Morgan fingerprint density at radius 3 is 2.44 bits per heavy atom. The molecule has 0 N–H and O–H groups in total. The van der Waals surface area contributed by atoms with Crippen LogP contribution in [0.1, 0.15) is 0 Å². The van der Waals surface area contributed by atoms with Gasteiger partial charge in [0.2, 0.25) is 0 Å². The Bertz CT molecular complexity index is 642. The van der Waals surface area contributed by atoms with Gasteiger partial charge in [-0.05, 0) is 12.1 Å². The number of nitrogens with zero attached hydrogens (tertiary/aromatic N) is 3. The van der Waals surface area contributed by atoms with Gasteiger partial charge in [0.1, 0.15) is 0 Å². The summed E-state index contributed by atoms with van der Waals surface area (Å²) in [6.07, 6.45) is 3.67. The number of aryl methyl sites for hydroxylation is 1. The molecule has 0 amide bonds. The molecule has 1 aromatic carbocycles. The third-order valence-electron chi connectivity index (χ3n) is 2.93. The molecule has 3 rings (SSSR count). The average molecular weight is 235 g/mol. The second-order valence-electron chi connectivity index (χ2n) is 4.11. The van der Waals surface area contributed by atoms with Crippen LogP contribution in [0.4, 0.5) is 0 Å². The maximum atomic E-state index is 4.40. The van der Waals surface area contributed by atoms with E-state index in [-0.39, 0.29) is 0 Å². The third-order valence-corrected chi connectivity index (χ3v) is 2.93. The highest BCUT2D eigenvalue weighted by Crippen LogP contribution is 2.29. The number of pyridine rings is 1. The van der Waals surface area contributed by atoms with Crippen LogP contribution in [0.5, 0.6) is 0 Å². The fraction of sp³-hybridized carbons (Fsp3) is 0.0667. The topological polar surface area (TPSA) is 30.7 Å². The molecule has 3 nitrogen and oxygen atoms in total. The molecule has 0 aliphatic rings. The van der Waals surface area contributed by atoms with E-state index in [1.54, 1.807) is 6.20 Å². The zero-order valence-corrected chi connectivity index (χ0v) is 10.1. The predicted octanol–water partition coefficient (Wildman–Crippen LogP) is 3.15. The Balaban J connectivity index is 2.19. The van der Waals surface area contributed by atoms with Gasteiger partial charge in [-0.25, -0.2) is 0 Å². The van der Waals surface area contributed by atoms with Crippen molar-refractivity contribution in [2.24, 2.45) is 7.05 Å². The van der Waals surface area contributed by atoms with Gasteiger partial charge in [-0.3, -0.25) is 9.67 Å². The van der Waals surface area contributed by atoms with E-state index in [0.717, 1.165) is 22.5 Å². The molecule has 3 heteroatoms. The molecule has 0 spiro atoms. The summed E-state index contributed by atoms with van der Waals surface area (Å²) >= 11 is 0. The van der Waals surface area contributed by atoms with E-state index in [0.29, 0.717) is 0 Å². The van der Waals surface area contributed by atoms with Crippen LogP contribution in [-0.2, 0) is 7.05 Å². The van der Waals surface area contributed by atoms with Gasteiger partial charge in [0.05, 0.1) is 17.6 Å². The molecule has 2 heterocycles. The molecule has 0 unspecified atom stereocenters. The summed E-state index contributed by atoms with van der Waals surface area (Å²) in [6, 6.07) is 16.2. The van der Waals surface area contributed by atoms with E-state index >= 15 is 0 Å². The van der Waals surface area contributed by atoms with Crippen molar-refractivity contribution in [3.8, 4) is 22.5 Å². The van der Waals surface area contributed by atoms with E-state index in [1.165, 1.54) is 0 Å². The lowest BCUT2D eigenvalue weighted by Crippen LogP contribution is -1.94. The highest BCUT2D eigenvalue weighted by Gasteiger charge is 2.12. The van der Waals surface area contributed by atoms with E-state index < -0.39 is 0 Å². The van der Waals surface area contributed by atoms with Crippen molar-refractivity contribution in [2.45, 2.75) is 0 Å². The number of rotatable bonds is 2. The van der Waals surface area contributed by atoms with Crippen LogP contribution in [0.2, 0.25) is 0 Å². The highest BCUT2D eigenvalue weighted by atomic mass is 15.3. The van der Waals surface area contributed by atoms with E-state index in [2.05, 4.69) is 22.2 Å². The second-order valence-corrected chi connectivity index (χ2v) is 4.11. The van der Waals surface area contributed by atoms with Crippen LogP contribution in [-0.4, -0.2) is 14.8 Å². The summed E-state index contributed by atoms with van der Waals surface area (Å²) in [5, 5.41) is 4.35. The Hall–Kier alpha value is -2.42. The molecule has 88 valence electrons. The molecule has 0 aliphatic carbocycles. The number of hydrogen-bond acceptors (Lipinski definition) is 2. The molecule has 0 fully saturated rings. The summed E-state index contributed by atoms with van der Waals surface area (Å²) in [4.78, 5) is 4.40. The molecular formula is C15H13N3. The van der Waals surface area contributed by atoms with Crippen molar-refractivity contribution in [2.75, 3.05) is 0 Å². The van der Waals surface area contributed by atoms with E-state index in [1.807, 2.05) is 54.3 Å². The monoisotopic (exact) mass is 235 g/mol. The fourth-order valence-corrected chi connectivity index (χ4v) is 2.09. The Morgan fingerprint density at radius 2 is 1.72 bits per heavy atom. The average Bonchev–Trinajstić information content (AvgIpc) is 2.83. The lowest BCUT2D eigenvalue weighted by Gasteiger charge is -2.05. The third kappa shape index (κ3) is 1.80. The number of aromatic nitrogens is 3. The molecule has 0 bridgehead atoms. The first-order valence-corrected chi connectivity index (χ1v) is 5.85. The van der Waals surface area contributed by atoms with Gasteiger partial charge >= 0.3 is 0 Å². The minimum Gasteiger partial charge on any atom is -0.267 e. The Labute approximate surface area is 106 Å². The standard InChI is InChI=1S/C15H13N3/c1-18-15(12-7-3-2-4-8-12)13(11-17-18)14-9-5-6-10-16-14/h2-11H,1H3. The molecule has 0 saturated carbocycles. The van der Waals surface area contributed by atoms with Crippen molar-refractivity contribution in [1.29, 1.82) is 0 Å². The van der Waals surface area contributed by atoms with Crippen LogP contribution in [0.15, 0.2) is 60.9 Å². The second kappa shape index (κ2) is 4.45. The van der Waals surface area contributed by atoms with Gasteiger partial charge in [0.15, 0.2) is 0 Å². The summed E-state index contributed by atoms with van der Waals surface area (Å²) in [5.41, 5.74) is 4.25. The number of benzene rings is 1. The maximum Gasteiger partial charge on any atom is 0.0773 e. The van der Waals surface area contributed by atoms with E-state index in [4.69, 9.17) is 0 Å². The van der Waals surface area contributed by atoms with Crippen LogP contribution in [0.3, 0.4) is 0 Å². The first-order chi connectivity index (χ1) is 8.86. The van der Waals surface area contributed by atoms with Crippen LogP contribution in [0, 0.1) is 0 Å². The first-order valence-electron chi connectivity index (χ1n) is 5.85. The van der Waals surface area contributed by atoms with Gasteiger partial charge in [-0.15, -0.1) is 0 Å². The normalized spacial score (nSPS) is 10.5. The largest absolute Gasteiger partial charge is 0.267 e. The first kappa shape index (κ1) is 10.7. The van der Waals surface area contributed by atoms with Gasteiger partial charge in [0.25, 0.3) is 0 Å². The van der Waals surface area contributed by atoms with Crippen molar-refractivity contribution in [3.05, 3.63) is 60.9 Å². The van der Waals surface area contributed by atoms with Gasteiger partial charge in [-0.2, -0.15) is 5.10 Å². The van der Waals surface area contributed by atoms with Gasteiger partial charge in [-0.1, -0.05) is 36.4 Å². The van der Waals surface area contributed by atoms with Crippen molar-refractivity contribution in [1.82, 2.24) is 14.8 Å².